The van der Waals surface area contributed by atoms with Crippen molar-refractivity contribution in [2.45, 2.75) is 25.3 Å². The summed E-state index contributed by atoms with van der Waals surface area (Å²) in [7, 11) is 3.32. The van der Waals surface area contributed by atoms with Gasteiger partial charge >= 0.3 is 0 Å². The molecular formula is C30H34N4O4S. The van der Waals surface area contributed by atoms with E-state index < -0.39 is 0 Å². The quantitative estimate of drug-likeness (QED) is 0.192. The number of thiophene rings is 1. The Bertz CT molecular complexity index is 1450. The summed E-state index contributed by atoms with van der Waals surface area (Å²) in [6, 6.07) is 19.3. The van der Waals surface area contributed by atoms with Crippen molar-refractivity contribution in [1.29, 1.82) is 0 Å². The Kier molecular flexibility index (Phi) is 9.88. The fourth-order valence-corrected chi connectivity index (χ4v) is 5.32. The lowest BCUT2D eigenvalue weighted by atomic mass is 10.0. The second-order valence-electron chi connectivity index (χ2n) is 9.20. The molecule has 0 bridgehead atoms. The van der Waals surface area contributed by atoms with E-state index in [1.807, 2.05) is 42.5 Å². The molecule has 0 fully saturated rings. The monoisotopic (exact) mass is 546 g/mol. The third-order valence-electron chi connectivity index (χ3n) is 6.56. The Hall–Kier alpha value is -3.95. The molecule has 1 atom stereocenters. The minimum atomic E-state index is -0.372. The van der Waals surface area contributed by atoms with Crippen LogP contribution in [-0.4, -0.2) is 57.6 Å². The third kappa shape index (κ3) is 7.34. The zero-order valence-corrected chi connectivity index (χ0v) is 23.0. The van der Waals surface area contributed by atoms with Gasteiger partial charge in [-0.15, -0.1) is 11.3 Å². The van der Waals surface area contributed by atoms with E-state index in [2.05, 4.69) is 38.8 Å². The lowest BCUT2D eigenvalue weighted by Gasteiger charge is -2.16. The number of benzene rings is 3. The standard InChI is InChI=1S/C30H34N4O4S/c1-31-25(16-22-19-39-27-12-6-5-11-23(22)27)30(37)33-13-7-8-14-38-26-17-21-10-4-3-9-20(21)15-24(26)29(36)34-18-28(35)32-2/h3-6,9-12,15,17,19,25,31H,7-8,13-14,16,18H2,1-2H3,(H,32,35)(H,33,37)(H,34,36). The highest BCUT2D eigenvalue weighted by Gasteiger charge is 2.19. The molecular weight excluding hydrogens is 512 g/mol. The van der Waals surface area contributed by atoms with Crippen LogP contribution in [0.2, 0.25) is 0 Å². The minimum absolute atomic E-state index is 0.0293. The maximum atomic E-state index is 12.8. The molecule has 1 unspecified atom stereocenters. The molecule has 4 aromatic rings. The van der Waals surface area contributed by atoms with E-state index in [4.69, 9.17) is 4.74 Å². The first-order valence-electron chi connectivity index (χ1n) is 13.0. The molecule has 0 aliphatic carbocycles. The number of hydrogen-bond donors (Lipinski definition) is 4. The van der Waals surface area contributed by atoms with Gasteiger partial charge < -0.3 is 26.0 Å². The van der Waals surface area contributed by atoms with Crippen molar-refractivity contribution in [2.24, 2.45) is 0 Å². The number of nitrogens with one attached hydrogen (secondary N) is 4. The van der Waals surface area contributed by atoms with E-state index in [0.717, 1.165) is 17.2 Å². The first kappa shape index (κ1) is 28.1. The van der Waals surface area contributed by atoms with E-state index in [9.17, 15) is 14.4 Å². The number of likely N-dealkylation sites (N-methyl/N-ethyl adjacent to an activating group) is 2. The Balaban J connectivity index is 1.27. The van der Waals surface area contributed by atoms with Crippen molar-refractivity contribution in [2.75, 3.05) is 33.8 Å². The molecule has 0 spiro atoms. The van der Waals surface area contributed by atoms with Crippen LogP contribution < -0.4 is 26.0 Å². The summed E-state index contributed by atoms with van der Waals surface area (Å²) in [5.74, 6) is -0.218. The predicted octanol–water partition coefficient (Wildman–Crippen LogP) is 3.64. The van der Waals surface area contributed by atoms with Crippen molar-refractivity contribution >= 4 is 49.9 Å². The number of fused-ring (bicyclic) bond motifs is 2. The average Bonchev–Trinajstić information content (AvgIpc) is 3.38. The molecule has 3 amide bonds. The zero-order chi connectivity index (χ0) is 27.6. The molecule has 1 heterocycles. The number of carbonyl (C=O) groups excluding carboxylic acids is 3. The number of carbonyl (C=O) groups is 3. The van der Waals surface area contributed by atoms with Crippen molar-refractivity contribution < 1.29 is 19.1 Å². The highest BCUT2D eigenvalue weighted by atomic mass is 32.1. The molecule has 0 aliphatic heterocycles. The van der Waals surface area contributed by atoms with Crippen LogP contribution in [0.3, 0.4) is 0 Å². The van der Waals surface area contributed by atoms with Gasteiger partial charge in [0.05, 0.1) is 24.8 Å². The fourth-order valence-electron chi connectivity index (χ4n) is 4.34. The van der Waals surface area contributed by atoms with Crippen LogP contribution in [0.1, 0.15) is 28.8 Å². The second-order valence-corrected chi connectivity index (χ2v) is 10.1. The maximum absolute atomic E-state index is 12.8. The molecule has 3 aromatic carbocycles. The molecule has 0 aliphatic rings. The molecule has 4 rings (SSSR count). The Labute approximate surface area is 232 Å². The average molecular weight is 547 g/mol. The molecule has 0 radical (unpaired) electrons. The molecule has 0 saturated carbocycles. The fraction of sp³-hybridized carbons (Fsp3) is 0.300. The molecule has 0 saturated heterocycles. The Morgan fingerprint density at radius 1 is 0.923 bits per heavy atom. The van der Waals surface area contributed by atoms with Gasteiger partial charge in [-0.2, -0.15) is 0 Å². The second kappa shape index (κ2) is 13.7. The highest BCUT2D eigenvalue weighted by molar-refractivity contribution is 7.17. The third-order valence-corrected chi connectivity index (χ3v) is 7.57. The van der Waals surface area contributed by atoms with E-state index >= 15 is 0 Å². The van der Waals surface area contributed by atoms with Crippen molar-refractivity contribution in [1.82, 2.24) is 21.3 Å². The first-order valence-corrected chi connectivity index (χ1v) is 13.9. The number of unbranched alkanes of at least 4 members (excludes halogenated alkanes) is 1. The van der Waals surface area contributed by atoms with Gasteiger partial charge in [0.25, 0.3) is 5.91 Å². The topological polar surface area (TPSA) is 109 Å². The van der Waals surface area contributed by atoms with E-state index in [0.29, 0.717) is 37.3 Å². The summed E-state index contributed by atoms with van der Waals surface area (Å²) >= 11 is 1.70. The Morgan fingerprint density at radius 3 is 2.44 bits per heavy atom. The van der Waals surface area contributed by atoms with Crippen LogP contribution in [0, 0.1) is 0 Å². The van der Waals surface area contributed by atoms with Gasteiger partial charge in [0.15, 0.2) is 0 Å². The summed E-state index contributed by atoms with van der Waals surface area (Å²) in [6.07, 6.45) is 2.06. The van der Waals surface area contributed by atoms with Crippen molar-refractivity contribution in [3.63, 3.8) is 0 Å². The molecule has 4 N–H and O–H groups in total. The van der Waals surface area contributed by atoms with Gasteiger partial charge in [-0.1, -0.05) is 42.5 Å². The van der Waals surface area contributed by atoms with Gasteiger partial charge in [-0.05, 0) is 71.6 Å². The Morgan fingerprint density at radius 2 is 1.67 bits per heavy atom. The van der Waals surface area contributed by atoms with Crippen LogP contribution >= 0.6 is 11.3 Å². The van der Waals surface area contributed by atoms with Crippen molar-refractivity contribution in [3.05, 3.63) is 77.2 Å². The molecule has 39 heavy (non-hydrogen) atoms. The number of rotatable bonds is 13. The lowest BCUT2D eigenvalue weighted by molar-refractivity contribution is -0.123. The summed E-state index contributed by atoms with van der Waals surface area (Å²) in [5.41, 5.74) is 1.55. The highest BCUT2D eigenvalue weighted by Crippen LogP contribution is 2.27. The molecule has 204 valence electrons. The van der Waals surface area contributed by atoms with Crippen LogP contribution in [0.15, 0.2) is 66.0 Å². The van der Waals surface area contributed by atoms with Crippen LogP contribution in [0.4, 0.5) is 0 Å². The minimum Gasteiger partial charge on any atom is -0.493 e. The van der Waals surface area contributed by atoms with Crippen LogP contribution in [0.25, 0.3) is 20.9 Å². The van der Waals surface area contributed by atoms with Gasteiger partial charge in [0.2, 0.25) is 11.8 Å². The van der Waals surface area contributed by atoms with Gasteiger partial charge in [-0.25, -0.2) is 0 Å². The van der Waals surface area contributed by atoms with E-state index in [1.54, 1.807) is 24.5 Å². The summed E-state index contributed by atoms with van der Waals surface area (Å²) < 4.78 is 7.22. The number of hydrogen-bond acceptors (Lipinski definition) is 6. The number of amides is 3. The van der Waals surface area contributed by atoms with Gasteiger partial charge in [0.1, 0.15) is 5.75 Å². The van der Waals surface area contributed by atoms with E-state index in [1.165, 1.54) is 22.7 Å². The SMILES string of the molecule is CNC(=O)CNC(=O)c1cc2ccccc2cc1OCCCCNC(=O)C(Cc1csc2ccccc12)NC. The van der Waals surface area contributed by atoms with Crippen LogP contribution in [-0.2, 0) is 16.0 Å². The normalized spacial score (nSPS) is 11.7. The first-order chi connectivity index (χ1) is 19.0. The predicted molar refractivity (Wildman–Crippen MR) is 156 cm³/mol. The van der Waals surface area contributed by atoms with E-state index in [-0.39, 0.29) is 30.3 Å². The zero-order valence-electron chi connectivity index (χ0n) is 22.2. The summed E-state index contributed by atoms with van der Waals surface area (Å²) in [6.45, 7) is 0.805. The maximum Gasteiger partial charge on any atom is 0.255 e. The smallest absolute Gasteiger partial charge is 0.255 e. The summed E-state index contributed by atoms with van der Waals surface area (Å²) in [4.78, 5) is 37.2. The van der Waals surface area contributed by atoms with Crippen molar-refractivity contribution in [3.8, 4) is 5.75 Å². The van der Waals surface area contributed by atoms with Gasteiger partial charge in [-0.3, -0.25) is 14.4 Å². The molecule has 1 aromatic heterocycles. The largest absolute Gasteiger partial charge is 0.493 e. The lowest BCUT2D eigenvalue weighted by Crippen LogP contribution is -2.44. The number of ether oxygens (including phenoxy) is 1. The summed E-state index contributed by atoms with van der Waals surface area (Å²) in [5, 5.41) is 16.5. The molecule has 8 nitrogen and oxygen atoms in total. The van der Waals surface area contributed by atoms with Crippen LogP contribution in [0.5, 0.6) is 5.75 Å². The van der Waals surface area contributed by atoms with Gasteiger partial charge in [0, 0.05) is 18.3 Å². The molecule has 9 heteroatoms.